The molecule has 0 bridgehead atoms. The lowest BCUT2D eigenvalue weighted by atomic mass is 10.0. The Hall–Kier alpha value is -2.40. The monoisotopic (exact) mass is 339 g/mol. The third kappa shape index (κ3) is 3.82. The van der Waals surface area contributed by atoms with E-state index in [2.05, 4.69) is 41.1 Å². The largest absolute Gasteiger partial charge is 0.364 e. The number of rotatable bonds is 4. The normalized spacial score (nSPS) is 16.6. The number of hydrogen-bond acceptors (Lipinski definition) is 3. The van der Waals surface area contributed by atoms with Crippen LogP contribution in [0.3, 0.4) is 0 Å². The average molecular weight is 339 g/mol. The maximum Gasteiger partial charge on any atom is 0.259 e. The van der Waals surface area contributed by atoms with E-state index in [1.54, 1.807) is 4.90 Å². The summed E-state index contributed by atoms with van der Waals surface area (Å²) in [6.45, 7) is 6.95. The molecule has 0 spiro atoms. The van der Waals surface area contributed by atoms with Gasteiger partial charge in [-0.25, -0.2) is 0 Å². The van der Waals surface area contributed by atoms with Crippen molar-refractivity contribution in [1.82, 2.24) is 14.8 Å². The topological polar surface area (TPSA) is 56.4 Å². The summed E-state index contributed by atoms with van der Waals surface area (Å²) in [6.07, 6.45) is 2.57. The Labute approximate surface area is 148 Å². The summed E-state index contributed by atoms with van der Waals surface area (Å²) in [5, 5.41) is 0. The number of carbonyl (C=O) groups excluding carboxylic acids is 1. The Bertz CT molecular complexity index is 777. The minimum atomic E-state index is -0.209. The quantitative estimate of drug-likeness (QED) is 0.931. The fourth-order valence-electron chi connectivity index (χ4n) is 3.53. The van der Waals surface area contributed by atoms with Crippen molar-refractivity contribution in [3.8, 4) is 0 Å². The summed E-state index contributed by atoms with van der Waals surface area (Å²) in [7, 11) is 0. The molecule has 1 unspecified atom stereocenters. The van der Waals surface area contributed by atoms with Gasteiger partial charge >= 0.3 is 0 Å². The summed E-state index contributed by atoms with van der Waals surface area (Å²) in [5.74, 6) is -0.173. The second-order valence-electron chi connectivity index (χ2n) is 6.56. The van der Waals surface area contributed by atoms with Gasteiger partial charge in [-0.3, -0.25) is 14.5 Å². The highest BCUT2D eigenvalue weighted by molar-refractivity contribution is 5.93. The van der Waals surface area contributed by atoms with Gasteiger partial charge < -0.3 is 9.88 Å². The van der Waals surface area contributed by atoms with Gasteiger partial charge in [0.25, 0.3) is 5.91 Å². The van der Waals surface area contributed by atoms with Crippen LogP contribution >= 0.6 is 0 Å². The Morgan fingerprint density at radius 2 is 1.84 bits per heavy atom. The van der Waals surface area contributed by atoms with Crippen molar-refractivity contribution >= 4 is 5.91 Å². The molecule has 1 aliphatic heterocycles. The molecule has 5 heteroatoms. The van der Waals surface area contributed by atoms with Crippen molar-refractivity contribution in [2.45, 2.75) is 26.3 Å². The number of hydrogen-bond donors (Lipinski definition) is 1. The van der Waals surface area contributed by atoms with Gasteiger partial charge in [0, 0.05) is 50.2 Å². The number of aromatic nitrogens is 1. The van der Waals surface area contributed by atoms with E-state index in [0.29, 0.717) is 19.1 Å². The number of pyridine rings is 1. The Kier molecular flexibility index (Phi) is 5.34. The fraction of sp³-hybridized carbons (Fsp3) is 0.400. The first-order valence-corrected chi connectivity index (χ1v) is 8.87. The van der Waals surface area contributed by atoms with E-state index in [-0.39, 0.29) is 16.9 Å². The third-order valence-electron chi connectivity index (χ3n) is 4.90. The fourth-order valence-corrected chi connectivity index (χ4v) is 3.53. The molecule has 3 rings (SSSR count). The smallest absolute Gasteiger partial charge is 0.259 e. The van der Waals surface area contributed by atoms with E-state index >= 15 is 0 Å². The predicted molar refractivity (Wildman–Crippen MR) is 98.8 cm³/mol. The van der Waals surface area contributed by atoms with Crippen LogP contribution in [0, 0.1) is 6.92 Å². The minimum Gasteiger partial charge on any atom is -0.364 e. The van der Waals surface area contributed by atoms with Gasteiger partial charge in [-0.2, -0.15) is 0 Å². The number of H-pyrrole nitrogens is 1. The van der Waals surface area contributed by atoms with Crippen molar-refractivity contribution in [3.63, 3.8) is 0 Å². The molecular formula is C20H25N3O2. The molecule has 132 valence electrons. The number of carbonyl (C=O) groups is 1. The molecule has 1 N–H and O–H groups in total. The van der Waals surface area contributed by atoms with Crippen molar-refractivity contribution < 1.29 is 4.79 Å². The number of amides is 1. The molecule has 1 amide bonds. The molecule has 1 aromatic heterocycles. The molecular weight excluding hydrogens is 314 g/mol. The third-order valence-corrected chi connectivity index (χ3v) is 4.90. The van der Waals surface area contributed by atoms with Crippen LogP contribution in [0.1, 0.15) is 41.0 Å². The number of piperazine rings is 1. The molecule has 5 nitrogen and oxygen atoms in total. The molecule has 25 heavy (non-hydrogen) atoms. The SMILES string of the molecule is CCC(c1ccccc1)N1CCN(C(=O)c2c[nH]c(C)cc2=O)CC1. The summed E-state index contributed by atoms with van der Waals surface area (Å²) in [6, 6.07) is 12.4. The van der Waals surface area contributed by atoms with Gasteiger partial charge in [-0.15, -0.1) is 0 Å². The van der Waals surface area contributed by atoms with E-state index < -0.39 is 0 Å². The highest BCUT2D eigenvalue weighted by Crippen LogP contribution is 2.25. The Morgan fingerprint density at radius 1 is 1.16 bits per heavy atom. The van der Waals surface area contributed by atoms with Gasteiger partial charge in [-0.05, 0) is 18.9 Å². The van der Waals surface area contributed by atoms with Crippen LogP contribution < -0.4 is 5.43 Å². The zero-order valence-corrected chi connectivity index (χ0v) is 14.9. The summed E-state index contributed by atoms with van der Waals surface area (Å²) >= 11 is 0. The van der Waals surface area contributed by atoms with Crippen LogP contribution in [0.5, 0.6) is 0 Å². The molecule has 0 saturated carbocycles. The molecule has 1 aliphatic rings. The predicted octanol–water partition coefficient (Wildman–Crippen LogP) is 2.59. The Balaban J connectivity index is 1.67. The molecule has 0 radical (unpaired) electrons. The molecule has 0 aliphatic carbocycles. The number of nitrogens with one attached hydrogen (secondary N) is 1. The highest BCUT2D eigenvalue weighted by Gasteiger charge is 2.27. The number of nitrogens with zero attached hydrogens (tertiary/aromatic N) is 2. The van der Waals surface area contributed by atoms with E-state index in [4.69, 9.17) is 0 Å². The van der Waals surface area contributed by atoms with Crippen molar-refractivity contribution in [2.24, 2.45) is 0 Å². The van der Waals surface area contributed by atoms with Gasteiger partial charge in [0.15, 0.2) is 5.43 Å². The van der Waals surface area contributed by atoms with Crippen molar-refractivity contribution in [2.75, 3.05) is 26.2 Å². The van der Waals surface area contributed by atoms with Gasteiger partial charge in [0.2, 0.25) is 0 Å². The van der Waals surface area contributed by atoms with Gasteiger partial charge in [0.1, 0.15) is 5.56 Å². The molecule has 1 saturated heterocycles. The Morgan fingerprint density at radius 3 is 2.44 bits per heavy atom. The van der Waals surface area contributed by atoms with Crippen molar-refractivity contribution in [3.05, 3.63) is 69.6 Å². The van der Waals surface area contributed by atoms with Crippen LogP contribution in [-0.4, -0.2) is 46.9 Å². The highest BCUT2D eigenvalue weighted by atomic mass is 16.2. The zero-order chi connectivity index (χ0) is 17.8. The second kappa shape index (κ2) is 7.66. The molecule has 1 aromatic carbocycles. The van der Waals surface area contributed by atoms with Crippen LogP contribution in [-0.2, 0) is 0 Å². The molecule has 2 heterocycles. The lowest BCUT2D eigenvalue weighted by molar-refractivity contribution is 0.0561. The molecule has 1 fully saturated rings. The maximum absolute atomic E-state index is 12.6. The molecule has 1 atom stereocenters. The minimum absolute atomic E-state index is 0.173. The summed E-state index contributed by atoms with van der Waals surface area (Å²) < 4.78 is 0. The van der Waals surface area contributed by atoms with E-state index in [1.807, 2.05) is 13.0 Å². The standard InChI is InChI=1S/C20H25N3O2/c1-3-18(16-7-5-4-6-8-16)22-9-11-23(12-10-22)20(25)17-14-21-15(2)13-19(17)24/h4-8,13-14,18H,3,9-12H2,1-2H3,(H,21,24). The first-order chi connectivity index (χ1) is 12.1. The van der Waals surface area contributed by atoms with E-state index in [0.717, 1.165) is 25.2 Å². The number of aromatic amines is 1. The van der Waals surface area contributed by atoms with Gasteiger partial charge in [-0.1, -0.05) is 37.3 Å². The summed E-state index contributed by atoms with van der Waals surface area (Å²) in [5.41, 5.74) is 2.10. The molecule has 2 aromatic rings. The first kappa shape index (κ1) is 17.4. The first-order valence-electron chi connectivity index (χ1n) is 8.87. The van der Waals surface area contributed by atoms with Crippen LogP contribution in [0.15, 0.2) is 47.4 Å². The van der Waals surface area contributed by atoms with E-state index in [9.17, 15) is 9.59 Å². The van der Waals surface area contributed by atoms with Crippen molar-refractivity contribution in [1.29, 1.82) is 0 Å². The number of aryl methyl sites for hydroxylation is 1. The maximum atomic E-state index is 12.6. The van der Waals surface area contributed by atoms with Crippen LogP contribution in [0.2, 0.25) is 0 Å². The van der Waals surface area contributed by atoms with Crippen LogP contribution in [0.4, 0.5) is 0 Å². The number of benzene rings is 1. The van der Waals surface area contributed by atoms with E-state index in [1.165, 1.54) is 17.8 Å². The summed E-state index contributed by atoms with van der Waals surface area (Å²) in [4.78, 5) is 31.9. The average Bonchev–Trinajstić information content (AvgIpc) is 2.63. The van der Waals surface area contributed by atoms with Gasteiger partial charge in [0.05, 0.1) is 0 Å². The lowest BCUT2D eigenvalue weighted by Gasteiger charge is -2.39. The zero-order valence-electron chi connectivity index (χ0n) is 14.9. The lowest BCUT2D eigenvalue weighted by Crippen LogP contribution is -2.50. The van der Waals surface area contributed by atoms with Crippen LogP contribution in [0.25, 0.3) is 0 Å². The second-order valence-corrected chi connectivity index (χ2v) is 6.56.